The van der Waals surface area contributed by atoms with Crippen molar-refractivity contribution in [2.24, 2.45) is 4.99 Å². The quantitative estimate of drug-likeness (QED) is 0.255. The van der Waals surface area contributed by atoms with Gasteiger partial charge in [-0.25, -0.2) is 4.99 Å². The Balaban J connectivity index is 0.00000385. The molecule has 0 bridgehead atoms. The third kappa shape index (κ3) is 9.50. The van der Waals surface area contributed by atoms with E-state index < -0.39 is 11.7 Å². The third-order valence-electron chi connectivity index (χ3n) is 5.12. The first kappa shape index (κ1) is 27.4. The van der Waals surface area contributed by atoms with Crippen LogP contribution in [0.2, 0.25) is 0 Å². The Morgan fingerprint density at radius 1 is 1.03 bits per heavy atom. The van der Waals surface area contributed by atoms with E-state index in [1.165, 1.54) is 6.07 Å². The lowest BCUT2D eigenvalue weighted by Gasteiger charge is -2.22. The summed E-state index contributed by atoms with van der Waals surface area (Å²) in [6.45, 7) is 5.33. The van der Waals surface area contributed by atoms with Gasteiger partial charge in [0.2, 0.25) is 0 Å². The topological polar surface area (TPSA) is 54.9 Å². The number of alkyl halides is 3. The second-order valence-corrected chi connectivity index (χ2v) is 7.69. The Hall–Kier alpha value is -1.85. The van der Waals surface area contributed by atoms with Crippen LogP contribution in [0.1, 0.15) is 42.0 Å². The van der Waals surface area contributed by atoms with Crippen molar-refractivity contribution in [3.63, 3.8) is 0 Å². The molecule has 2 aromatic rings. The van der Waals surface area contributed by atoms with Crippen LogP contribution in [-0.4, -0.2) is 31.8 Å². The van der Waals surface area contributed by atoms with Crippen molar-refractivity contribution in [3.8, 4) is 0 Å². The van der Waals surface area contributed by atoms with Gasteiger partial charge in [0.25, 0.3) is 0 Å². The largest absolute Gasteiger partial charge is 0.416 e. The molecule has 0 aromatic heterocycles. The van der Waals surface area contributed by atoms with Crippen molar-refractivity contribution >= 4 is 29.9 Å². The van der Waals surface area contributed by atoms with Gasteiger partial charge in [-0.2, -0.15) is 13.2 Å². The number of rotatable bonds is 8. The number of benzene rings is 2. The fourth-order valence-electron chi connectivity index (χ4n) is 3.43. The zero-order valence-corrected chi connectivity index (χ0v) is 21.0. The lowest BCUT2D eigenvalue weighted by atomic mass is 10.1. The van der Waals surface area contributed by atoms with Crippen LogP contribution >= 0.6 is 24.0 Å². The van der Waals surface area contributed by atoms with Crippen LogP contribution in [0.3, 0.4) is 0 Å². The van der Waals surface area contributed by atoms with Crippen molar-refractivity contribution in [1.29, 1.82) is 0 Å². The van der Waals surface area contributed by atoms with Gasteiger partial charge in [0.05, 0.1) is 24.8 Å². The van der Waals surface area contributed by atoms with Crippen LogP contribution < -0.4 is 10.6 Å². The van der Waals surface area contributed by atoms with E-state index in [9.17, 15) is 13.2 Å². The number of guanidine groups is 1. The molecule has 1 fully saturated rings. The second kappa shape index (κ2) is 13.8. The van der Waals surface area contributed by atoms with E-state index >= 15 is 0 Å². The fourth-order valence-corrected chi connectivity index (χ4v) is 3.43. The molecule has 0 saturated carbocycles. The minimum atomic E-state index is -4.35. The molecule has 0 radical (unpaired) electrons. The minimum Gasteiger partial charge on any atom is -0.381 e. The zero-order chi connectivity index (χ0) is 22.8. The third-order valence-corrected chi connectivity index (χ3v) is 5.12. The summed E-state index contributed by atoms with van der Waals surface area (Å²) in [5.41, 5.74) is 2.01. The average molecular weight is 577 g/mol. The lowest BCUT2D eigenvalue weighted by molar-refractivity contribution is -0.137. The van der Waals surface area contributed by atoms with Gasteiger partial charge in [-0.1, -0.05) is 36.4 Å². The first-order valence-electron chi connectivity index (χ1n) is 10.9. The fraction of sp³-hybridized carbons (Fsp3) is 0.458. The summed E-state index contributed by atoms with van der Waals surface area (Å²) in [5.74, 6) is 0.550. The van der Waals surface area contributed by atoms with Crippen LogP contribution in [0.5, 0.6) is 0 Å². The summed E-state index contributed by atoms with van der Waals surface area (Å²) in [6.07, 6.45) is -2.26. The summed E-state index contributed by atoms with van der Waals surface area (Å²) >= 11 is 0. The maximum absolute atomic E-state index is 12.9. The van der Waals surface area contributed by atoms with Crippen molar-refractivity contribution in [1.82, 2.24) is 10.6 Å². The molecule has 0 atom stereocenters. The van der Waals surface area contributed by atoms with Crippen molar-refractivity contribution in [2.75, 3.05) is 19.8 Å². The summed E-state index contributed by atoms with van der Waals surface area (Å²) in [7, 11) is 0. The molecule has 1 aliphatic heterocycles. The smallest absolute Gasteiger partial charge is 0.381 e. The molecule has 9 heteroatoms. The van der Waals surface area contributed by atoms with Gasteiger partial charge < -0.3 is 20.1 Å². The first-order chi connectivity index (χ1) is 15.4. The van der Waals surface area contributed by atoms with Crippen LogP contribution in [0.4, 0.5) is 13.2 Å². The Labute approximate surface area is 210 Å². The predicted octanol–water partition coefficient (Wildman–Crippen LogP) is 5.27. The van der Waals surface area contributed by atoms with Gasteiger partial charge in [-0.15, -0.1) is 24.0 Å². The molecule has 0 spiro atoms. The molecule has 3 rings (SSSR count). The minimum absolute atomic E-state index is 0. The number of halogens is 4. The van der Waals surface area contributed by atoms with Gasteiger partial charge >= 0.3 is 6.18 Å². The van der Waals surface area contributed by atoms with Crippen LogP contribution in [0.25, 0.3) is 0 Å². The highest BCUT2D eigenvalue weighted by atomic mass is 127. The van der Waals surface area contributed by atoms with Crippen molar-refractivity contribution in [3.05, 3.63) is 70.8 Å². The summed E-state index contributed by atoms with van der Waals surface area (Å²) in [4.78, 5) is 4.58. The molecule has 182 valence electrons. The summed E-state index contributed by atoms with van der Waals surface area (Å²) in [5, 5.41) is 6.23. The highest BCUT2D eigenvalue weighted by Crippen LogP contribution is 2.29. The maximum Gasteiger partial charge on any atom is 0.416 e. The van der Waals surface area contributed by atoms with Gasteiger partial charge in [0, 0.05) is 26.3 Å². The Morgan fingerprint density at radius 2 is 1.73 bits per heavy atom. The summed E-state index contributed by atoms with van der Waals surface area (Å²) in [6, 6.07) is 13.4. The molecular formula is C24H31F3IN3O2. The number of aliphatic imine (C=N–C) groups is 1. The number of hydrogen-bond acceptors (Lipinski definition) is 3. The zero-order valence-electron chi connectivity index (χ0n) is 18.7. The standard InChI is InChI=1S/C24H30F3N3O2.HI/c1-2-28-23(30-16-19-6-4-8-21(14-19)24(25,26)27)29-15-18-5-3-7-20(13-18)17-32-22-9-11-31-12-10-22;/h3-8,13-14,22H,2,9-12,15-17H2,1H3,(H2,28,29,30);1H. The van der Waals surface area contributed by atoms with Gasteiger partial charge in [0.1, 0.15) is 0 Å². The van der Waals surface area contributed by atoms with E-state index in [0.29, 0.717) is 31.2 Å². The van der Waals surface area contributed by atoms with E-state index in [-0.39, 0.29) is 36.6 Å². The van der Waals surface area contributed by atoms with Crippen LogP contribution in [0, 0.1) is 0 Å². The van der Waals surface area contributed by atoms with Crippen molar-refractivity contribution < 1.29 is 22.6 Å². The first-order valence-corrected chi connectivity index (χ1v) is 10.9. The highest BCUT2D eigenvalue weighted by Gasteiger charge is 2.30. The maximum atomic E-state index is 12.9. The second-order valence-electron chi connectivity index (χ2n) is 7.69. The molecule has 1 aliphatic rings. The normalized spacial score (nSPS) is 15.1. The molecule has 0 unspecified atom stereocenters. The molecule has 1 saturated heterocycles. The molecule has 5 nitrogen and oxygen atoms in total. The SMILES string of the molecule is CCNC(=NCc1cccc(COC2CCOCC2)c1)NCc1cccc(C(F)(F)F)c1.I. The number of nitrogens with zero attached hydrogens (tertiary/aromatic N) is 1. The van der Waals surface area contributed by atoms with E-state index in [1.807, 2.05) is 25.1 Å². The monoisotopic (exact) mass is 577 g/mol. The van der Waals surface area contributed by atoms with E-state index in [2.05, 4.69) is 21.7 Å². The number of hydrogen-bond donors (Lipinski definition) is 2. The Kier molecular flexibility index (Phi) is 11.4. The average Bonchev–Trinajstić information content (AvgIpc) is 2.80. The Morgan fingerprint density at radius 3 is 2.45 bits per heavy atom. The molecular weight excluding hydrogens is 546 g/mol. The molecule has 1 heterocycles. The molecule has 0 aliphatic carbocycles. The number of nitrogens with one attached hydrogen (secondary N) is 2. The molecule has 0 amide bonds. The molecule has 2 N–H and O–H groups in total. The van der Waals surface area contributed by atoms with Gasteiger partial charge in [-0.3, -0.25) is 0 Å². The number of ether oxygens (including phenoxy) is 2. The lowest BCUT2D eigenvalue weighted by Crippen LogP contribution is -2.36. The van der Waals surface area contributed by atoms with Crippen LogP contribution in [-0.2, 0) is 35.3 Å². The van der Waals surface area contributed by atoms with Gasteiger partial charge in [0.15, 0.2) is 5.96 Å². The highest BCUT2D eigenvalue weighted by molar-refractivity contribution is 14.0. The van der Waals surface area contributed by atoms with Crippen LogP contribution in [0.15, 0.2) is 53.5 Å². The predicted molar refractivity (Wildman–Crippen MR) is 134 cm³/mol. The van der Waals surface area contributed by atoms with Crippen molar-refractivity contribution in [2.45, 2.75) is 51.7 Å². The van der Waals surface area contributed by atoms with E-state index in [1.54, 1.807) is 6.07 Å². The van der Waals surface area contributed by atoms with E-state index in [4.69, 9.17) is 9.47 Å². The van der Waals surface area contributed by atoms with E-state index in [0.717, 1.165) is 49.3 Å². The summed E-state index contributed by atoms with van der Waals surface area (Å²) < 4.78 is 50.1. The van der Waals surface area contributed by atoms with Gasteiger partial charge in [-0.05, 0) is 48.6 Å². The Bertz CT molecular complexity index is 887. The molecule has 33 heavy (non-hydrogen) atoms. The molecule has 2 aromatic carbocycles.